The summed E-state index contributed by atoms with van der Waals surface area (Å²) in [7, 11) is 0.322. The molecule has 0 radical (unpaired) electrons. The van der Waals surface area contributed by atoms with E-state index in [0.717, 1.165) is 11.3 Å². The van der Waals surface area contributed by atoms with Gasteiger partial charge in [0.1, 0.15) is 4.90 Å². The minimum atomic E-state index is -3.50. The third kappa shape index (κ3) is 3.29. The van der Waals surface area contributed by atoms with Crippen LogP contribution in [0.2, 0.25) is 0 Å². The highest BCUT2D eigenvalue weighted by atomic mass is 35.5. The average Bonchev–Trinajstić information content (AvgIpc) is 2.39. The van der Waals surface area contributed by atoms with Crippen molar-refractivity contribution >= 4 is 15.7 Å². The lowest BCUT2D eigenvalue weighted by Crippen LogP contribution is -3.00. The van der Waals surface area contributed by atoms with Gasteiger partial charge >= 0.3 is 10.0 Å². The first-order chi connectivity index (χ1) is 8.91. The van der Waals surface area contributed by atoms with Crippen LogP contribution >= 0.6 is 0 Å². The molecule has 0 saturated carbocycles. The normalized spacial score (nSPS) is 10.8. The molecule has 1 aromatic carbocycles. The fourth-order valence-electron chi connectivity index (χ4n) is 1.70. The highest BCUT2D eigenvalue weighted by Gasteiger charge is 2.24. The summed E-state index contributed by atoms with van der Waals surface area (Å²) in [6.07, 6.45) is 3.12. The maximum absolute atomic E-state index is 12.4. The number of hydrogen-bond acceptors (Lipinski definition) is 3. The van der Waals surface area contributed by atoms with Crippen molar-refractivity contribution in [3.63, 3.8) is 0 Å². The van der Waals surface area contributed by atoms with E-state index in [1.165, 1.54) is 3.97 Å². The predicted octanol–water partition coefficient (Wildman–Crippen LogP) is -1.41. The summed E-state index contributed by atoms with van der Waals surface area (Å²) in [5.74, 6) is 0. The van der Waals surface area contributed by atoms with Crippen LogP contribution in [-0.4, -0.2) is 22.5 Å². The Morgan fingerprint density at radius 1 is 0.950 bits per heavy atom. The van der Waals surface area contributed by atoms with E-state index in [4.69, 9.17) is 0 Å². The van der Waals surface area contributed by atoms with Crippen molar-refractivity contribution in [2.24, 2.45) is 0 Å². The monoisotopic (exact) mass is 312 g/mol. The van der Waals surface area contributed by atoms with Crippen molar-refractivity contribution in [1.82, 2.24) is 0 Å². The number of rotatable bonds is 3. The Labute approximate surface area is 126 Å². The van der Waals surface area contributed by atoms with E-state index in [2.05, 4.69) is 0 Å². The van der Waals surface area contributed by atoms with Gasteiger partial charge in [-0.1, -0.05) is 21.7 Å². The summed E-state index contributed by atoms with van der Waals surface area (Å²) in [5.41, 5.74) is 1.99. The van der Waals surface area contributed by atoms with Crippen molar-refractivity contribution in [2.75, 3.05) is 19.0 Å². The molecule has 2 aromatic rings. The zero-order valence-electron chi connectivity index (χ0n) is 11.6. The van der Waals surface area contributed by atoms with Crippen LogP contribution in [-0.2, 0) is 10.0 Å². The molecule has 0 saturated heterocycles. The van der Waals surface area contributed by atoms with Crippen molar-refractivity contribution < 1.29 is 24.8 Å². The molecule has 6 heteroatoms. The first-order valence-corrected chi connectivity index (χ1v) is 7.36. The summed E-state index contributed by atoms with van der Waals surface area (Å²) in [6.45, 7) is 1.93. The molecule has 0 bridgehead atoms. The average molecular weight is 313 g/mol. The maximum atomic E-state index is 12.4. The molecule has 4 nitrogen and oxygen atoms in total. The fraction of sp³-hybridized carbons (Fsp3) is 0.214. The number of hydrogen-bond donors (Lipinski definition) is 0. The molecule has 0 spiro atoms. The van der Waals surface area contributed by atoms with Gasteiger partial charge in [0.05, 0.1) is 0 Å². The molecule has 0 amide bonds. The van der Waals surface area contributed by atoms with Gasteiger partial charge in [0.25, 0.3) is 0 Å². The molecule has 2 rings (SSSR count). The quantitative estimate of drug-likeness (QED) is 0.654. The van der Waals surface area contributed by atoms with Crippen molar-refractivity contribution in [3.8, 4) is 0 Å². The second kappa shape index (κ2) is 6.24. The Bertz CT molecular complexity index is 665. The van der Waals surface area contributed by atoms with Gasteiger partial charge in [-0.3, -0.25) is 0 Å². The van der Waals surface area contributed by atoms with E-state index in [1.807, 2.05) is 25.9 Å². The van der Waals surface area contributed by atoms with Crippen LogP contribution in [0.1, 0.15) is 5.56 Å². The number of halogens is 1. The molecule has 0 N–H and O–H groups in total. The second-order valence-corrected chi connectivity index (χ2v) is 6.44. The van der Waals surface area contributed by atoms with Crippen LogP contribution in [0.5, 0.6) is 0 Å². The van der Waals surface area contributed by atoms with Crippen LogP contribution in [0.3, 0.4) is 0 Å². The molecule has 0 aliphatic carbocycles. The number of aryl methyl sites for hydroxylation is 1. The van der Waals surface area contributed by atoms with Gasteiger partial charge in [-0.05, 0) is 19.1 Å². The fourth-order valence-corrected chi connectivity index (χ4v) is 2.86. The maximum Gasteiger partial charge on any atom is 0.399 e. The molecular formula is C14H17ClN2O2S. The first kappa shape index (κ1) is 16.5. The smallest absolute Gasteiger partial charge is 0.399 e. The van der Waals surface area contributed by atoms with Crippen LogP contribution in [0.25, 0.3) is 0 Å². The standard InChI is InChI=1S/C14H17N2O2S.ClH/c1-12-4-6-14(7-5-12)19(17,18)16-10-8-13(9-11-16)15(2)3;/h4-11H,1-3H3;1H/q+1;/p-1. The SMILES string of the molecule is Cc1ccc(S(=O)(=O)[n+]2ccc(N(C)C)cc2)cc1.[Cl-]. The first-order valence-electron chi connectivity index (χ1n) is 5.92. The molecular weight excluding hydrogens is 296 g/mol. The van der Waals surface area contributed by atoms with Crippen LogP contribution in [0.15, 0.2) is 53.7 Å². The highest BCUT2D eigenvalue weighted by molar-refractivity contribution is 7.85. The lowest BCUT2D eigenvalue weighted by atomic mass is 10.2. The molecule has 0 unspecified atom stereocenters. The van der Waals surface area contributed by atoms with Gasteiger partial charge < -0.3 is 17.3 Å². The largest absolute Gasteiger partial charge is 1.00 e. The molecule has 0 aliphatic rings. The van der Waals surface area contributed by atoms with Gasteiger partial charge in [-0.25, -0.2) is 0 Å². The van der Waals surface area contributed by atoms with Crippen LogP contribution in [0.4, 0.5) is 5.69 Å². The summed E-state index contributed by atoms with van der Waals surface area (Å²) < 4.78 is 26.0. The molecule has 0 atom stereocenters. The van der Waals surface area contributed by atoms with Gasteiger partial charge in [0.2, 0.25) is 0 Å². The van der Waals surface area contributed by atoms with E-state index in [0.29, 0.717) is 4.90 Å². The third-order valence-electron chi connectivity index (χ3n) is 2.90. The van der Waals surface area contributed by atoms with Crippen molar-refractivity contribution in [2.45, 2.75) is 11.8 Å². The van der Waals surface area contributed by atoms with Crippen molar-refractivity contribution in [1.29, 1.82) is 0 Å². The van der Waals surface area contributed by atoms with Gasteiger partial charge in [-0.2, -0.15) is 8.42 Å². The summed E-state index contributed by atoms with van der Waals surface area (Å²) in [5, 5.41) is 0. The lowest BCUT2D eigenvalue weighted by molar-refractivity contribution is -0.511. The molecule has 20 heavy (non-hydrogen) atoms. The predicted molar refractivity (Wildman–Crippen MR) is 74.7 cm³/mol. The van der Waals surface area contributed by atoms with E-state index in [1.54, 1.807) is 48.8 Å². The Hall–Kier alpha value is -1.59. The number of aromatic nitrogens is 1. The lowest BCUT2D eigenvalue weighted by Gasteiger charge is -2.10. The number of benzene rings is 1. The topological polar surface area (TPSA) is 41.3 Å². The molecule has 1 heterocycles. The summed E-state index contributed by atoms with van der Waals surface area (Å²) >= 11 is 0. The molecule has 1 aromatic heterocycles. The number of pyridine rings is 1. The highest BCUT2D eigenvalue weighted by Crippen LogP contribution is 2.11. The minimum Gasteiger partial charge on any atom is -1.00 e. The molecule has 108 valence electrons. The summed E-state index contributed by atoms with van der Waals surface area (Å²) in [6, 6.07) is 10.4. The van der Waals surface area contributed by atoms with Crippen molar-refractivity contribution in [3.05, 3.63) is 54.4 Å². The third-order valence-corrected chi connectivity index (χ3v) is 4.56. The Morgan fingerprint density at radius 3 is 1.90 bits per heavy atom. The van der Waals surface area contributed by atoms with Crippen LogP contribution < -0.4 is 21.3 Å². The number of nitrogens with zero attached hydrogens (tertiary/aromatic N) is 2. The molecule has 0 fully saturated rings. The van der Waals surface area contributed by atoms with E-state index in [-0.39, 0.29) is 12.4 Å². The molecule has 0 aliphatic heterocycles. The Balaban J connectivity index is 0.00000200. The Kier molecular flexibility index (Phi) is 5.14. The van der Waals surface area contributed by atoms with Crippen LogP contribution in [0, 0.1) is 6.92 Å². The van der Waals surface area contributed by atoms with E-state index < -0.39 is 10.0 Å². The van der Waals surface area contributed by atoms with Gasteiger partial charge in [0, 0.05) is 31.9 Å². The Morgan fingerprint density at radius 2 is 1.45 bits per heavy atom. The van der Waals surface area contributed by atoms with E-state index >= 15 is 0 Å². The minimum absolute atomic E-state index is 0. The zero-order valence-corrected chi connectivity index (χ0v) is 13.2. The van der Waals surface area contributed by atoms with E-state index in [9.17, 15) is 8.42 Å². The van der Waals surface area contributed by atoms with Gasteiger partial charge in [0.15, 0.2) is 12.4 Å². The number of anilines is 1. The summed E-state index contributed by atoms with van der Waals surface area (Å²) in [4.78, 5) is 2.21. The zero-order chi connectivity index (χ0) is 14.0. The second-order valence-electron chi connectivity index (χ2n) is 4.60. The van der Waals surface area contributed by atoms with Gasteiger partial charge in [-0.15, -0.1) is 0 Å².